The Morgan fingerprint density at radius 3 is 2.53 bits per heavy atom. The number of hydrogen-bond donors (Lipinski definition) is 1. The molecule has 0 radical (unpaired) electrons. The van der Waals surface area contributed by atoms with Gasteiger partial charge in [0.1, 0.15) is 5.82 Å². The molecule has 1 amide bonds. The van der Waals surface area contributed by atoms with Crippen LogP contribution in [-0.2, 0) is 19.6 Å². The molecule has 2 aromatic carbocycles. The molecule has 1 saturated heterocycles. The number of esters is 1. The highest BCUT2D eigenvalue weighted by atomic mass is 32.2. The van der Waals surface area contributed by atoms with Gasteiger partial charge in [0.15, 0.2) is 6.61 Å². The van der Waals surface area contributed by atoms with Gasteiger partial charge in [-0.15, -0.1) is 0 Å². The predicted octanol–water partition coefficient (Wildman–Crippen LogP) is 3.10. The minimum absolute atomic E-state index is 0.0368. The van der Waals surface area contributed by atoms with E-state index in [1.54, 1.807) is 13.0 Å². The Labute approximate surface area is 174 Å². The number of nitrogens with one attached hydrogen (secondary N) is 1. The summed E-state index contributed by atoms with van der Waals surface area (Å²) in [5, 5.41) is 2.42. The summed E-state index contributed by atoms with van der Waals surface area (Å²) in [6.45, 7) is 1.99. The van der Waals surface area contributed by atoms with E-state index in [4.69, 9.17) is 4.74 Å². The van der Waals surface area contributed by atoms with Crippen LogP contribution in [0.1, 0.15) is 35.2 Å². The molecule has 1 aliphatic heterocycles. The molecule has 1 aliphatic rings. The highest BCUT2D eigenvalue weighted by Crippen LogP contribution is 2.24. The number of rotatable bonds is 6. The van der Waals surface area contributed by atoms with Crippen LogP contribution >= 0.6 is 0 Å². The fraction of sp³-hybridized carbons (Fsp3) is 0.333. The minimum Gasteiger partial charge on any atom is -0.452 e. The fourth-order valence-electron chi connectivity index (χ4n) is 3.23. The van der Waals surface area contributed by atoms with Crippen LogP contribution < -0.4 is 5.32 Å². The zero-order valence-electron chi connectivity index (χ0n) is 16.6. The normalized spacial score (nSPS) is 14.9. The van der Waals surface area contributed by atoms with E-state index in [-0.39, 0.29) is 16.1 Å². The minimum atomic E-state index is -3.71. The first-order chi connectivity index (χ1) is 14.3. The summed E-state index contributed by atoms with van der Waals surface area (Å²) in [6.07, 6.45) is 2.61. The zero-order valence-corrected chi connectivity index (χ0v) is 17.4. The Bertz CT molecular complexity index is 1050. The average Bonchev–Trinajstić information content (AvgIpc) is 2.73. The number of benzene rings is 2. The second kappa shape index (κ2) is 9.36. The first-order valence-electron chi connectivity index (χ1n) is 9.61. The number of aryl methyl sites for hydroxylation is 1. The second-order valence-electron chi connectivity index (χ2n) is 7.08. The van der Waals surface area contributed by atoms with Gasteiger partial charge in [-0.05, 0) is 55.7 Å². The molecular weight excluding hydrogens is 411 g/mol. The van der Waals surface area contributed by atoms with Gasteiger partial charge in [-0.1, -0.05) is 18.6 Å². The standard InChI is InChI=1S/C21H23FN2O5S/c1-15-8-9-16(12-19(15)30(27,28)24-10-3-2-4-11-24)21(26)29-14-20(25)23-18-7-5-6-17(22)13-18/h5-9,12-13H,2-4,10-11,14H2,1H3,(H,23,25). The van der Waals surface area contributed by atoms with Crippen LogP contribution in [0.25, 0.3) is 0 Å². The van der Waals surface area contributed by atoms with E-state index < -0.39 is 34.3 Å². The summed E-state index contributed by atoms with van der Waals surface area (Å²) >= 11 is 0. The monoisotopic (exact) mass is 434 g/mol. The molecule has 0 unspecified atom stereocenters. The Kier molecular flexibility index (Phi) is 6.84. The molecule has 30 heavy (non-hydrogen) atoms. The van der Waals surface area contributed by atoms with Crippen molar-refractivity contribution in [2.24, 2.45) is 0 Å². The van der Waals surface area contributed by atoms with E-state index in [1.165, 1.54) is 34.6 Å². The van der Waals surface area contributed by atoms with Crippen molar-refractivity contribution in [2.45, 2.75) is 31.1 Å². The highest BCUT2D eigenvalue weighted by Gasteiger charge is 2.28. The second-order valence-corrected chi connectivity index (χ2v) is 8.99. The molecule has 160 valence electrons. The highest BCUT2D eigenvalue weighted by molar-refractivity contribution is 7.89. The number of hydrogen-bond acceptors (Lipinski definition) is 5. The summed E-state index contributed by atoms with van der Waals surface area (Å²) in [4.78, 5) is 24.3. The van der Waals surface area contributed by atoms with Crippen LogP contribution in [-0.4, -0.2) is 44.3 Å². The first kappa shape index (κ1) is 21.9. The smallest absolute Gasteiger partial charge is 0.338 e. The van der Waals surface area contributed by atoms with E-state index in [0.29, 0.717) is 18.7 Å². The third kappa shape index (κ3) is 5.22. The quantitative estimate of drug-likeness (QED) is 0.706. The maximum absolute atomic E-state index is 13.2. The van der Waals surface area contributed by atoms with Crippen molar-refractivity contribution in [3.8, 4) is 0 Å². The topological polar surface area (TPSA) is 92.8 Å². The Balaban J connectivity index is 1.67. The lowest BCUT2D eigenvalue weighted by Gasteiger charge is -2.26. The maximum Gasteiger partial charge on any atom is 0.338 e. The number of anilines is 1. The van der Waals surface area contributed by atoms with Crippen molar-refractivity contribution in [1.29, 1.82) is 0 Å². The molecule has 0 aliphatic carbocycles. The molecule has 3 rings (SSSR count). The predicted molar refractivity (Wildman–Crippen MR) is 109 cm³/mol. The number of piperidine rings is 1. The molecule has 0 saturated carbocycles. The lowest BCUT2D eigenvalue weighted by molar-refractivity contribution is -0.119. The van der Waals surface area contributed by atoms with E-state index in [2.05, 4.69) is 5.32 Å². The summed E-state index contributed by atoms with van der Waals surface area (Å²) in [7, 11) is -3.71. The molecule has 0 aromatic heterocycles. The largest absolute Gasteiger partial charge is 0.452 e. The number of ether oxygens (including phenoxy) is 1. The number of carbonyl (C=O) groups is 2. The third-order valence-electron chi connectivity index (χ3n) is 4.80. The maximum atomic E-state index is 13.2. The van der Waals surface area contributed by atoms with Gasteiger partial charge >= 0.3 is 5.97 Å². The van der Waals surface area contributed by atoms with E-state index in [9.17, 15) is 22.4 Å². The molecule has 7 nitrogen and oxygen atoms in total. The molecule has 1 heterocycles. The Morgan fingerprint density at radius 2 is 1.83 bits per heavy atom. The molecule has 9 heteroatoms. The molecule has 1 N–H and O–H groups in total. The van der Waals surface area contributed by atoms with Crippen molar-refractivity contribution in [3.63, 3.8) is 0 Å². The van der Waals surface area contributed by atoms with Crippen molar-refractivity contribution in [2.75, 3.05) is 25.0 Å². The molecular formula is C21H23FN2O5S. The molecule has 0 atom stereocenters. The van der Waals surface area contributed by atoms with Gasteiger partial charge in [-0.2, -0.15) is 4.31 Å². The van der Waals surface area contributed by atoms with Gasteiger partial charge in [-0.3, -0.25) is 4.79 Å². The molecule has 1 fully saturated rings. The number of carbonyl (C=O) groups excluding carboxylic acids is 2. The van der Waals surface area contributed by atoms with Crippen LogP contribution in [0.5, 0.6) is 0 Å². The molecule has 0 bridgehead atoms. The lowest BCUT2D eigenvalue weighted by atomic mass is 10.1. The number of halogens is 1. The van der Waals surface area contributed by atoms with Crippen LogP contribution in [0, 0.1) is 12.7 Å². The summed E-state index contributed by atoms with van der Waals surface area (Å²) < 4.78 is 45.5. The van der Waals surface area contributed by atoms with Crippen LogP contribution in [0.2, 0.25) is 0 Å². The average molecular weight is 434 g/mol. The van der Waals surface area contributed by atoms with Crippen LogP contribution in [0.15, 0.2) is 47.4 Å². The SMILES string of the molecule is Cc1ccc(C(=O)OCC(=O)Nc2cccc(F)c2)cc1S(=O)(=O)N1CCCCC1. The summed E-state index contributed by atoms with van der Waals surface area (Å²) in [6, 6.07) is 9.60. The van der Waals surface area contributed by atoms with E-state index in [0.717, 1.165) is 25.3 Å². The van der Waals surface area contributed by atoms with Gasteiger partial charge in [0.05, 0.1) is 10.5 Å². The van der Waals surface area contributed by atoms with E-state index >= 15 is 0 Å². The number of amides is 1. The Morgan fingerprint density at radius 1 is 1.10 bits per heavy atom. The number of nitrogens with zero attached hydrogens (tertiary/aromatic N) is 1. The Hall–Kier alpha value is -2.78. The zero-order chi connectivity index (χ0) is 21.7. The summed E-state index contributed by atoms with van der Waals surface area (Å²) in [5.74, 6) is -1.96. The lowest BCUT2D eigenvalue weighted by Crippen LogP contribution is -2.36. The van der Waals surface area contributed by atoms with Crippen molar-refractivity contribution < 1.29 is 27.1 Å². The van der Waals surface area contributed by atoms with Gasteiger partial charge in [0, 0.05) is 18.8 Å². The molecule has 0 spiro atoms. The third-order valence-corrected chi connectivity index (χ3v) is 6.84. The molecule has 2 aromatic rings. The van der Waals surface area contributed by atoms with Crippen molar-refractivity contribution in [1.82, 2.24) is 4.31 Å². The van der Waals surface area contributed by atoms with Gasteiger partial charge in [0.25, 0.3) is 5.91 Å². The van der Waals surface area contributed by atoms with Crippen molar-refractivity contribution >= 4 is 27.6 Å². The van der Waals surface area contributed by atoms with Crippen molar-refractivity contribution in [3.05, 3.63) is 59.4 Å². The van der Waals surface area contributed by atoms with Gasteiger partial charge in [0.2, 0.25) is 10.0 Å². The van der Waals surface area contributed by atoms with Crippen LogP contribution in [0.4, 0.5) is 10.1 Å². The fourth-order valence-corrected chi connectivity index (χ4v) is 4.99. The van der Waals surface area contributed by atoms with E-state index in [1.807, 2.05) is 0 Å². The van der Waals surface area contributed by atoms with Crippen LogP contribution in [0.3, 0.4) is 0 Å². The summed E-state index contributed by atoms with van der Waals surface area (Å²) in [5.41, 5.74) is 0.803. The first-order valence-corrected chi connectivity index (χ1v) is 11.0. The number of sulfonamides is 1. The van der Waals surface area contributed by atoms with Gasteiger partial charge < -0.3 is 10.1 Å². The van der Waals surface area contributed by atoms with Gasteiger partial charge in [-0.25, -0.2) is 17.6 Å².